The summed E-state index contributed by atoms with van der Waals surface area (Å²) in [5.41, 5.74) is 1.49. The number of anilines is 2. The molecule has 1 aliphatic heterocycles. The van der Waals surface area contributed by atoms with Crippen molar-refractivity contribution in [2.24, 2.45) is 0 Å². The summed E-state index contributed by atoms with van der Waals surface area (Å²) < 4.78 is 19.2. The predicted octanol–water partition coefficient (Wildman–Crippen LogP) is 4.45. The first-order valence-electron chi connectivity index (χ1n) is 9.85. The Morgan fingerprint density at radius 2 is 1.73 bits per heavy atom. The number of imide groups is 1. The van der Waals surface area contributed by atoms with Gasteiger partial charge in [-0.3, -0.25) is 19.7 Å². The molecule has 0 aliphatic carbocycles. The summed E-state index contributed by atoms with van der Waals surface area (Å²) >= 11 is 0. The molecule has 0 radical (unpaired) electrons. The fourth-order valence-electron chi connectivity index (χ4n) is 3.57. The number of nitrogens with one attached hydrogen (secondary N) is 1. The van der Waals surface area contributed by atoms with Crippen LogP contribution in [0.4, 0.5) is 21.5 Å². The standard InChI is InChI=1S/C24H18FN3O5/c1-14-6-11-20(33-2)19(12-14)26-22-21(15-7-9-17(10-8-15)28(31)32)23(29)27(24(22)30)18-5-3-4-16(25)13-18/h3-13,26H,1-2H3. The van der Waals surface area contributed by atoms with Crippen molar-refractivity contribution in [3.63, 3.8) is 0 Å². The molecular weight excluding hydrogens is 429 g/mol. The molecule has 3 aromatic carbocycles. The van der Waals surface area contributed by atoms with Gasteiger partial charge in [0.05, 0.1) is 29.0 Å². The second-order valence-electron chi connectivity index (χ2n) is 7.31. The number of hydrogen-bond donors (Lipinski definition) is 1. The van der Waals surface area contributed by atoms with Gasteiger partial charge in [-0.2, -0.15) is 0 Å². The average Bonchev–Trinajstić information content (AvgIpc) is 3.03. The Balaban J connectivity index is 1.86. The number of halogens is 1. The number of carbonyl (C=O) groups is 2. The van der Waals surface area contributed by atoms with Crippen LogP contribution in [0.2, 0.25) is 0 Å². The Bertz CT molecular complexity index is 1320. The summed E-state index contributed by atoms with van der Waals surface area (Å²) in [6, 6.07) is 15.7. The minimum absolute atomic E-state index is 0.00252. The molecule has 0 bridgehead atoms. The van der Waals surface area contributed by atoms with Crippen LogP contribution in [0.15, 0.2) is 72.4 Å². The zero-order valence-corrected chi connectivity index (χ0v) is 17.7. The van der Waals surface area contributed by atoms with Gasteiger partial charge in [-0.25, -0.2) is 9.29 Å². The maximum absolute atomic E-state index is 13.8. The molecule has 1 N–H and O–H groups in total. The van der Waals surface area contributed by atoms with Gasteiger partial charge in [-0.1, -0.05) is 12.1 Å². The van der Waals surface area contributed by atoms with E-state index in [1.807, 2.05) is 13.0 Å². The number of nitro groups is 1. The maximum atomic E-state index is 13.8. The van der Waals surface area contributed by atoms with Gasteiger partial charge >= 0.3 is 0 Å². The lowest BCUT2D eigenvalue weighted by Gasteiger charge is -2.16. The van der Waals surface area contributed by atoms with E-state index in [0.29, 0.717) is 17.0 Å². The second-order valence-corrected chi connectivity index (χ2v) is 7.31. The Morgan fingerprint density at radius 3 is 2.36 bits per heavy atom. The van der Waals surface area contributed by atoms with Crippen molar-refractivity contribution >= 4 is 34.4 Å². The van der Waals surface area contributed by atoms with E-state index >= 15 is 0 Å². The molecule has 8 nitrogen and oxygen atoms in total. The molecule has 33 heavy (non-hydrogen) atoms. The van der Waals surface area contributed by atoms with Crippen LogP contribution >= 0.6 is 0 Å². The molecular formula is C24H18FN3O5. The third-order valence-corrected chi connectivity index (χ3v) is 5.13. The number of ether oxygens (including phenoxy) is 1. The number of carbonyl (C=O) groups excluding carboxylic acids is 2. The highest BCUT2D eigenvalue weighted by atomic mass is 19.1. The number of hydrogen-bond acceptors (Lipinski definition) is 6. The summed E-state index contributed by atoms with van der Waals surface area (Å²) in [7, 11) is 1.47. The Hall–Kier alpha value is -4.53. The largest absolute Gasteiger partial charge is 0.495 e. The van der Waals surface area contributed by atoms with Crippen LogP contribution in [-0.4, -0.2) is 23.8 Å². The summed E-state index contributed by atoms with van der Waals surface area (Å²) in [6.45, 7) is 1.86. The predicted molar refractivity (Wildman–Crippen MR) is 120 cm³/mol. The maximum Gasteiger partial charge on any atom is 0.282 e. The first kappa shape index (κ1) is 21.7. The molecule has 0 saturated carbocycles. The molecule has 3 aromatic rings. The molecule has 1 heterocycles. The molecule has 0 saturated heterocycles. The van der Waals surface area contributed by atoms with Crippen molar-refractivity contribution in [1.82, 2.24) is 0 Å². The lowest BCUT2D eigenvalue weighted by atomic mass is 10.0. The molecule has 0 unspecified atom stereocenters. The lowest BCUT2D eigenvalue weighted by Crippen LogP contribution is -2.32. The van der Waals surface area contributed by atoms with Gasteiger partial charge in [-0.15, -0.1) is 0 Å². The van der Waals surface area contributed by atoms with Gasteiger partial charge in [0.2, 0.25) is 0 Å². The number of aryl methyl sites for hydroxylation is 1. The topological polar surface area (TPSA) is 102 Å². The van der Waals surface area contributed by atoms with Gasteiger partial charge in [0, 0.05) is 12.1 Å². The van der Waals surface area contributed by atoms with Crippen LogP contribution in [0.3, 0.4) is 0 Å². The summed E-state index contributed by atoms with van der Waals surface area (Å²) in [5, 5.41) is 14.0. The molecule has 0 spiro atoms. The van der Waals surface area contributed by atoms with Crippen LogP contribution in [0, 0.1) is 22.9 Å². The number of nitrogens with zero attached hydrogens (tertiary/aromatic N) is 2. The van der Waals surface area contributed by atoms with E-state index in [1.165, 1.54) is 49.6 Å². The van der Waals surface area contributed by atoms with E-state index in [1.54, 1.807) is 12.1 Å². The number of nitro benzene ring substituents is 1. The molecule has 1 aliphatic rings. The first-order chi connectivity index (χ1) is 15.8. The van der Waals surface area contributed by atoms with E-state index in [9.17, 15) is 24.1 Å². The highest BCUT2D eigenvalue weighted by Gasteiger charge is 2.40. The fraction of sp³-hybridized carbons (Fsp3) is 0.0833. The highest BCUT2D eigenvalue weighted by molar-refractivity contribution is 6.46. The van der Waals surface area contributed by atoms with Gasteiger partial charge in [0.25, 0.3) is 17.5 Å². The number of amides is 2. The minimum atomic E-state index is -0.692. The Kier molecular flexibility index (Phi) is 5.61. The molecule has 9 heteroatoms. The van der Waals surface area contributed by atoms with Crippen molar-refractivity contribution in [2.75, 3.05) is 17.3 Å². The van der Waals surface area contributed by atoms with E-state index in [4.69, 9.17) is 4.74 Å². The third kappa shape index (κ3) is 4.03. The van der Waals surface area contributed by atoms with E-state index in [-0.39, 0.29) is 22.6 Å². The van der Waals surface area contributed by atoms with Crippen molar-refractivity contribution in [1.29, 1.82) is 0 Å². The van der Waals surface area contributed by atoms with Gasteiger partial charge in [0.1, 0.15) is 17.3 Å². The summed E-state index contributed by atoms with van der Waals surface area (Å²) in [6.07, 6.45) is 0. The highest BCUT2D eigenvalue weighted by Crippen LogP contribution is 2.36. The second kappa shape index (κ2) is 8.54. The summed E-state index contributed by atoms with van der Waals surface area (Å²) in [5.74, 6) is -1.54. The average molecular weight is 447 g/mol. The van der Waals surface area contributed by atoms with E-state index in [2.05, 4.69) is 5.32 Å². The Labute approximate surface area is 188 Å². The van der Waals surface area contributed by atoms with Crippen LogP contribution in [0.5, 0.6) is 5.75 Å². The van der Waals surface area contributed by atoms with Crippen LogP contribution < -0.4 is 15.0 Å². The normalized spacial score (nSPS) is 13.5. The van der Waals surface area contributed by atoms with Crippen LogP contribution in [-0.2, 0) is 9.59 Å². The molecule has 0 atom stereocenters. The third-order valence-electron chi connectivity index (χ3n) is 5.13. The van der Waals surface area contributed by atoms with Gasteiger partial charge < -0.3 is 10.1 Å². The van der Waals surface area contributed by atoms with Crippen molar-refractivity contribution in [3.05, 3.63) is 99.5 Å². The number of rotatable bonds is 6. The molecule has 0 aromatic heterocycles. The smallest absolute Gasteiger partial charge is 0.282 e. The quantitative estimate of drug-likeness (QED) is 0.340. The zero-order chi connectivity index (χ0) is 23.7. The van der Waals surface area contributed by atoms with E-state index < -0.39 is 22.6 Å². The molecule has 2 amide bonds. The van der Waals surface area contributed by atoms with Crippen LogP contribution in [0.25, 0.3) is 5.57 Å². The first-order valence-corrected chi connectivity index (χ1v) is 9.85. The SMILES string of the molecule is COc1ccc(C)cc1NC1=C(c2ccc([N+](=O)[O-])cc2)C(=O)N(c2cccc(F)c2)C1=O. The number of benzene rings is 3. The lowest BCUT2D eigenvalue weighted by molar-refractivity contribution is -0.384. The summed E-state index contributed by atoms with van der Waals surface area (Å²) in [4.78, 5) is 38.1. The fourth-order valence-corrected chi connectivity index (χ4v) is 3.57. The molecule has 0 fully saturated rings. The Morgan fingerprint density at radius 1 is 1.00 bits per heavy atom. The van der Waals surface area contributed by atoms with Gasteiger partial charge in [0.15, 0.2) is 0 Å². The molecule has 4 rings (SSSR count). The number of non-ortho nitro benzene ring substituents is 1. The van der Waals surface area contributed by atoms with Crippen molar-refractivity contribution in [3.8, 4) is 5.75 Å². The van der Waals surface area contributed by atoms with E-state index in [0.717, 1.165) is 16.5 Å². The number of methoxy groups -OCH3 is 1. The monoisotopic (exact) mass is 447 g/mol. The van der Waals surface area contributed by atoms with Crippen molar-refractivity contribution < 1.29 is 23.6 Å². The van der Waals surface area contributed by atoms with Crippen molar-refractivity contribution in [2.45, 2.75) is 6.92 Å². The minimum Gasteiger partial charge on any atom is -0.495 e. The van der Waals surface area contributed by atoms with Crippen LogP contribution in [0.1, 0.15) is 11.1 Å². The zero-order valence-electron chi connectivity index (χ0n) is 17.7. The van der Waals surface area contributed by atoms with Gasteiger partial charge in [-0.05, 0) is 60.5 Å². The molecule has 166 valence electrons.